The van der Waals surface area contributed by atoms with Gasteiger partial charge >= 0.3 is 0 Å². The molecule has 3 rings (SSSR count). The highest BCUT2D eigenvalue weighted by Gasteiger charge is 2.41. The molecule has 1 aromatic rings. The van der Waals surface area contributed by atoms with Gasteiger partial charge in [-0.3, -0.25) is 9.78 Å². The maximum atomic E-state index is 12.6. The maximum Gasteiger partial charge on any atom is 0.167 e. The fraction of sp³-hybridized carbons (Fsp3) is 0.625. The zero-order valence-corrected chi connectivity index (χ0v) is 11.5. The van der Waals surface area contributed by atoms with Crippen molar-refractivity contribution in [2.45, 2.75) is 51.0 Å². The molecule has 0 radical (unpaired) electrons. The van der Waals surface area contributed by atoms with E-state index in [1.54, 1.807) is 6.20 Å². The molecule has 1 spiro atoms. The summed E-state index contributed by atoms with van der Waals surface area (Å²) in [7, 11) is 0. The first-order valence-electron chi connectivity index (χ1n) is 7.29. The summed E-state index contributed by atoms with van der Waals surface area (Å²) in [4.78, 5) is 16.8. The first-order chi connectivity index (χ1) is 9.19. The second-order valence-electron chi connectivity index (χ2n) is 5.98. The third-order valence-corrected chi connectivity index (χ3v) is 4.57. The first-order valence-corrected chi connectivity index (χ1v) is 7.29. The Morgan fingerprint density at radius 3 is 2.84 bits per heavy atom. The van der Waals surface area contributed by atoms with Crippen molar-refractivity contribution >= 4 is 5.78 Å². The molecule has 3 heteroatoms. The van der Waals surface area contributed by atoms with Crippen molar-refractivity contribution < 1.29 is 9.53 Å². The molecular formula is C16H21NO2. The van der Waals surface area contributed by atoms with Crippen molar-refractivity contribution in [2.75, 3.05) is 6.61 Å². The third-order valence-electron chi connectivity index (χ3n) is 4.57. The molecule has 19 heavy (non-hydrogen) atoms. The third kappa shape index (κ3) is 2.57. The number of carbonyl (C=O) groups excluding carboxylic acids is 1. The van der Waals surface area contributed by atoms with Gasteiger partial charge in [0.25, 0.3) is 0 Å². The highest BCUT2D eigenvalue weighted by molar-refractivity contribution is 5.97. The molecule has 2 aliphatic rings. The molecule has 1 saturated carbocycles. The van der Waals surface area contributed by atoms with Crippen LogP contribution in [-0.4, -0.2) is 23.0 Å². The van der Waals surface area contributed by atoms with Crippen LogP contribution in [0, 0.1) is 12.8 Å². The van der Waals surface area contributed by atoms with Gasteiger partial charge in [0.1, 0.15) is 0 Å². The Bertz CT molecular complexity index is 460. The topological polar surface area (TPSA) is 39.2 Å². The van der Waals surface area contributed by atoms with Crippen LogP contribution in [0.2, 0.25) is 0 Å². The predicted octanol–water partition coefficient (Wildman–Crippen LogP) is 3.31. The highest BCUT2D eigenvalue weighted by Crippen LogP contribution is 2.42. The number of ketones is 1. The number of hydrogen-bond donors (Lipinski definition) is 0. The van der Waals surface area contributed by atoms with Crippen LogP contribution in [-0.2, 0) is 4.74 Å². The number of nitrogens with zero attached hydrogens (tertiary/aromatic N) is 1. The lowest BCUT2D eigenvalue weighted by Crippen LogP contribution is -2.39. The van der Waals surface area contributed by atoms with E-state index in [1.807, 2.05) is 19.1 Å². The molecule has 1 aliphatic carbocycles. The maximum absolute atomic E-state index is 12.6. The molecule has 2 fully saturated rings. The molecule has 1 aliphatic heterocycles. The van der Waals surface area contributed by atoms with Crippen molar-refractivity contribution in [2.24, 2.45) is 5.92 Å². The van der Waals surface area contributed by atoms with E-state index in [2.05, 4.69) is 4.98 Å². The van der Waals surface area contributed by atoms with Gasteiger partial charge in [-0.2, -0.15) is 0 Å². The van der Waals surface area contributed by atoms with Crippen LogP contribution in [0.5, 0.6) is 0 Å². The molecular weight excluding hydrogens is 238 g/mol. The molecule has 0 amide bonds. The zero-order valence-electron chi connectivity index (χ0n) is 11.5. The summed E-state index contributed by atoms with van der Waals surface area (Å²) in [6.45, 7) is 2.67. The Morgan fingerprint density at radius 2 is 2.16 bits per heavy atom. The Labute approximate surface area is 114 Å². The average molecular weight is 259 g/mol. The standard InChI is InChI=1S/C16H21NO2/c1-12-4-5-14(11-17-12)15(18)13-6-9-19-16(10-13)7-2-3-8-16/h4-5,11,13H,2-3,6-10H2,1H3. The summed E-state index contributed by atoms with van der Waals surface area (Å²) in [5.74, 6) is 0.374. The van der Waals surface area contributed by atoms with E-state index in [9.17, 15) is 4.79 Å². The van der Waals surface area contributed by atoms with Gasteiger partial charge in [-0.05, 0) is 44.7 Å². The van der Waals surface area contributed by atoms with Crippen LogP contribution in [0.1, 0.15) is 54.6 Å². The lowest BCUT2D eigenvalue weighted by Gasteiger charge is -2.37. The zero-order chi connectivity index (χ0) is 13.3. The van der Waals surface area contributed by atoms with Crippen LogP contribution in [0.4, 0.5) is 0 Å². The summed E-state index contributed by atoms with van der Waals surface area (Å²) in [6, 6.07) is 3.82. The minimum absolute atomic E-state index is 0.0106. The molecule has 0 N–H and O–H groups in total. The average Bonchev–Trinajstić information content (AvgIpc) is 2.87. The largest absolute Gasteiger partial charge is 0.375 e. The van der Waals surface area contributed by atoms with E-state index in [4.69, 9.17) is 4.74 Å². The van der Waals surface area contributed by atoms with E-state index in [1.165, 1.54) is 12.8 Å². The lowest BCUT2D eigenvalue weighted by molar-refractivity contribution is -0.0866. The number of rotatable bonds is 2. The van der Waals surface area contributed by atoms with Crippen LogP contribution in [0.3, 0.4) is 0 Å². The Balaban J connectivity index is 1.74. The smallest absolute Gasteiger partial charge is 0.167 e. The SMILES string of the molecule is Cc1ccc(C(=O)C2CCOC3(CCCC3)C2)cn1. The van der Waals surface area contributed by atoms with E-state index in [0.717, 1.165) is 43.5 Å². The predicted molar refractivity (Wildman–Crippen MR) is 73.2 cm³/mol. The first kappa shape index (κ1) is 12.8. The van der Waals surface area contributed by atoms with Crippen molar-refractivity contribution in [1.82, 2.24) is 4.98 Å². The molecule has 1 atom stereocenters. The van der Waals surface area contributed by atoms with Crippen LogP contribution < -0.4 is 0 Å². The number of aromatic nitrogens is 1. The van der Waals surface area contributed by atoms with Gasteiger partial charge in [0.05, 0.1) is 5.60 Å². The van der Waals surface area contributed by atoms with Gasteiger partial charge in [-0.1, -0.05) is 12.8 Å². The van der Waals surface area contributed by atoms with Crippen LogP contribution in [0.25, 0.3) is 0 Å². The van der Waals surface area contributed by atoms with Gasteiger partial charge in [0.15, 0.2) is 5.78 Å². The summed E-state index contributed by atoms with van der Waals surface area (Å²) < 4.78 is 5.99. The monoisotopic (exact) mass is 259 g/mol. The summed E-state index contributed by atoms with van der Waals surface area (Å²) in [5, 5.41) is 0. The molecule has 102 valence electrons. The van der Waals surface area contributed by atoms with Gasteiger partial charge in [-0.25, -0.2) is 0 Å². The van der Waals surface area contributed by atoms with E-state index in [-0.39, 0.29) is 17.3 Å². The Morgan fingerprint density at radius 1 is 1.37 bits per heavy atom. The van der Waals surface area contributed by atoms with Crippen LogP contribution in [0.15, 0.2) is 18.3 Å². The number of Topliss-reactive ketones (excluding diaryl/α,β-unsaturated/α-hetero) is 1. The fourth-order valence-electron chi connectivity index (χ4n) is 3.47. The minimum Gasteiger partial charge on any atom is -0.375 e. The minimum atomic E-state index is 0.0106. The van der Waals surface area contributed by atoms with Gasteiger partial charge in [-0.15, -0.1) is 0 Å². The van der Waals surface area contributed by atoms with Crippen molar-refractivity contribution in [3.63, 3.8) is 0 Å². The molecule has 2 heterocycles. The summed E-state index contributed by atoms with van der Waals surface area (Å²) in [6.07, 6.45) is 8.22. The molecule has 0 bridgehead atoms. The summed E-state index contributed by atoms with van der Waals surface area (Å²) in [5.41, 5.74) is 1.72. The highest BCUT2D eigenvalue weighted by atomic mass is 16.5. The molecule has 0 aromatic carbocycles. The molecule has 1 aromatic heterocycles. The van der Waals surface area contributed by atoms with Crippen molar-refractivity contribution in [1.29, 1.82) is 0 Å². The number of aryl methyl sites for hydroxylation is 1. The number of carbonyl (C=O) groups is 1. The van der Waals surface area contributed by atoms with Gasteiger partial charge in [0, 0.05) is 30.0 Å². The molecule has 1 saturated heterocycles. The molecule has 3 nitrogen and oxygen atoms in total. The normalized spacial score (nSPS) is 25.6. The van der Waals surface area contributed by atoms with Crippen LogP contribution >= 0.6 is 0 Å². The Kier molecular flexibility index (Phi) is 3.40. The van der Waals surface area contributed by atoms with E-state index >= 15 is 0 Å². The van der Waals surface area contributed by atoms with E-state index < -0.39 is 0 Å². The van der Waals surface area contributed by atoms with Crippen molar-refractivity contribution in [3.8, 4) is 0 Å². The Hall–Kier alpha value is -1.22. The fourth-order valence-corrected chi connectivity index (χ4v) is 3.47. The number of ether oxygens (including phenoxy) is 1. The number of pyridine rings is 1. The quantitative estimate of drug-likeness (QED) is 0.765. The van der Waals surface area contributed by atoms with E-state index in [0.29, 0.717) is 0 Å². The van der Waals surface area contributed by atoms with Gasteiger partial charge < -0.3 is 4.74 Å². The lowest BCUT2D eigenvalue weighted by atomic mass is 9.81. The summed E-state index contributed by atoms with van der Waals surface area (Å²) >= 11 is 0. The second-order valence-corrected chi connectivity index (χ2v) is 5.98. The second kappa shape index (κ2) is 5.04. The number of hydrogen-bond acceptors (Lipinski definition) is 3. The van der Waals surface area contributed by atoms with Gasteiger partial charge in [0.2, 0.25) is 0 Å². The molecule has 1 unspecified atom stereocenters. The van der Waals surface area contributed by atoms with Crippen molar-refractivity contribution in [3.05, 3.63) is 29.6 Å².